The van der Waals surface area contributed by atoms with Gasteiger partial charge in [0.1, 0.15) is 5.82 Å². The van der Waals surface area contributed by atoms with Crippen LogP contribution in [0.15, 0.2) is 48.5 Å². The number of nitrogens with one attached hydrogen (secondary N) is 1. The zero-order valence-corrected chi connectivity index (χ0v) is 12.5. The van der Waals surface area contributed by atoms with E-state index in [9.17, 15) is 27.5 Å². The van der Waals surface area contributed by atoms with E-state index in [1.165, 1.54) is 24.3 Å². The van der Waals surface area contributed by atoms with Crippen molar-refractivity contribution in [1.82, 2.24) is 5.32 Å². The molecule has 0 bridgehead atoms. The number of halogens is 4. The lowest BCUT2D eigenvalue weighted by molar-refractivity contribution is -0.137. The van der Waals surface area contributed by atoms with Crippen molar-refractivity contribution < 1.29 is 27.5 Å². The van der Waals surface area contributed by atoms with E-state index >= 15 is 0 Å². The van der Waals surface area contributed by atoms with Crippen LogP contribution in [0.25, 0.3) is 0 Å². The zero-order chi connectivity index (χ0) is 17.7. The quantitative estimate of drug-likeness (QED) is 0.815. The summed E-state index contributed by atoms with van der Waals surface area (Å²) in [5.74, 6) is -0.948. The van der Waals surface area contributed by atoms with Crippen molar-refractivity contribution in [2.24, 2.45) is 0 Å². The maximum atomic E-state index is 12.8. The molecule has 7 heteroatoms. The fourth-order valence-electron chi connectivity index (χ4n) is 2.09. The summed E-state index contributed by atoms with van der Waals surface area (Å²) in [5, 5.41) is 12.4. The lowest BCUT2D eigenvalue weighted by Gasteiger charge is -2.12. The SMILES string of the molecule is O=C(NCCC(O)c1ccc(F)cc1)c1ccc(C(F)(F)F)cc1. The summed E-state index contributed by atoms with van der Waals surface area (Å²) in [4.78, 5) is 11.8. The number of alkyl halides is 3. The van der Waals surface area contributed by atoms with Crippen LogP contribution in [0.3, 0.4) is 0 Å². The second-order valence-electron chi connectivity index (χ2n) is 5.19. The summed E-state index contributed by atoms with van der Waals surface area (Å²) in [5.41, 5.74) is -0.217. The zero-order valence-electron chi connectivity index (χ0n) is 12.5. The number of hydrogen-bond donors (Lipinski definition) is 2. The second kappa shape index (κ2) is 7.44. The van der Waals surface area contributed by atoms with Gasteiger partial charge in [0.25, 0.3) is 5.91 Å². The van der Waals surface area contributed by atoms with E-state index in [0.29, 0.717) is 5.56 Å². The van der Waals surface area contributed by atoms with E-state index in [1.54, 1.807) is 0 Å². The third-order valence-corrected chi connectivity index (χ3v) is 3.43. The molecule has 0 fully saturated rings. The molecule has 0 saturated carbocycles. The van der Waals surface area contributed by atoms with Crippen molar-refractivity contribution in [2.75, 3.05) is 6.54 Å². The molecule has 0 heterocycles. The number of carbonyl (C=O) groups excluding carboxylic acids is 1. The van der Waals surface area contributed by atoms with Crippen LogP contribution >= 0.6 is 0 Å². The van der Waals surface area contributed by atoms with E-state index in [-0.39, 0.29) is 18.5 Å². The van der Waals surface area contributed by atoms with E-state index < -0.39 is 29.6 Å². The third kappa shape index (κ3) is 4.79. The molecule has 0 aromatic heterocycles. The molecular weight excluding hydrogens is 326 g/mol. The van der Waals surface area contributed by atoms with Gasteiger partial charge in [-0.1, -0.05) is 12.1 Å². The lowest BCUT2D eigenvalue weighted by atomic mass is 10.1. The van der Waals surface area contributed by atoms with Crippen LogP contribution in [-0.4, -0.2) is 17.6 Å². The summed E-state index contributed by atoms with van der Waals surface area (Å²) in [6, 6.07) is 9.18. The van der Waals surface area contributed by atoms with Crippen LogP contribution in [0.2, 0.25) is 0 Å². The molecule has 0 saturated heterocycles. The molecule has 128 valence electrons. The van der Waals surface area contributed by atoms with Gasteiger partial charge in [0.15, 0.2) is 0 Å². The first-order valence-electron chi connectivity index (χ1n) is 7.16. The summed E-state index contributed by atoms with van der Waals surface area (Å²) >= 11 is 0. The number of rotatable bonds is 5. The second-order valence-corrected chi connectivity index (χ2v) is 5.19. The maximum absolute atomic E-state index is 12.8. The van der Waals surface area contributed by atoms with E-state index in [2.05, 4.69) is 5.32 Å². The van der Waals surface area contributed by atoms with Crippen molar-refractivity contribution >= 4 is 5.91 Å². The molecular formula is C17H15F4NO2. The molecule has 0 aliphatic rings. The molecule has 2 aromatic carbocycles. The molecule has 2 N–H and O–H groups in total. The number of aliphatic hydroxyl groups excluding tert-OH is 1. The van der Waals surface area contributed by atoms with Gasteiger partial charge in [-0.15, -0.1) is 0 Å². The molecule has 24 heavy (non-hydrogen) atoms. The molecule has 3 nitrogen and oxygen atoms in total. The highest BCUT2D eigenvalue weighted by atomic mass is 19.4. The van der Waals surface area contributed by atoms with Crippen LogP contribution in [0.4, 0.5) is 17.6 Å². The minimum absolute atomic E-state index is 0.0965. The predicted molar refractivity (Wildman–Crippen MR) is 79.8 cm³/mol. The van der Waals surface area contributed by atoms with Crippen molar-refractivity contribution in [3.8, 4) is 0 Å². The fourth-order valence-corrected chi connectivity index (χ4v) is 2.09. The average molecular weight is 341 g/mol. The molecule has 1 atom stereocenters. The summed E-state index contributed by atoms with van der Waals surface area (Å²) in [6.07, 6.45) is -5.13. The Balaban J connectivity index is 1.85. The van der Waals surface area contributed by atoms with Crippen LogP contribution in [0, 0.1) is 5.82 Å². The predicted octanol–water partition coefficient (Wildman–Crippen LogP) is 3.70. The van der Waals surface area contributed by atoms with Gasteiger partial charge in [-0.25, -0.2) is 4.39 Å². The van der Waals surface area contributed by atoms with Crippen LogP contribution in [0.5, 0.6) is 0 Å². The summed E-state index contributed by atoms with van der Waals surface area (Å²) in [6.45, 7) is 0.123. The number of amides is 1. The Bertz CT molecular complexity index is 681. The molecule has 0 aliphatic carbocycles. The lowest BCUT2D eigenvalue weighted by Crippen LogP contribution is -2.25. The van der Waals surface area contributed by atoms with Gasteiger partial charge in [0, 0.05) is 12.1 Å². The Labute approximate surface area is 135 Å². The Morgan fingerprint density at radius 2 is 1.62 bits per heavy atom. The summed E-state index contributed by atoms with van der Waals surface area (Å²) in [7, 11) is 0. The highest BCUT2D eigenvalue weighted by Crippen LogP contribution is 2.29. The van der Waals surface area contributed by atoms with Gasteiger partial charge >= 0.3 is 6.18 Å². The Morgan fingerprint density at radius 1 is 1.04 bits per heavy atom. The van der Waals surface area contributed by atoms with Crippen LogP contribution in [0.1, 0.15) is 34.0 Å². The van der Waals surface area contributed by atoms with Gasteiger partial charge < -0.3 is 10.4 Å². The molecule has 1 amide bonds. The van der Waals surface area contributed by atoms with Crippen molar-refractivity contribution in [2.45, 2.75) is 18.7 Å². The maximum Gasteiger partial charge on any atom is 0.416 e. The Kier molecular flexibility index (Phi) is 5.56. The van der Waals surface area contributed by atoms with E-state index in [4.69, 9.17) is 0 Å². The largest absolute Gasteiger partial charge is 0.416 e. The van der Waals surface area contributed by atoms with Crippen LogP contribution in [-0.2, 0) is 6.18 Å². The molecule has 1 unspecified atom stereocenters. The van der Waals surface area contributed by atoms with Gasteiger partial charge in [-0.3, -0.25) is 4.79 Å². The molecule has 2 aromatic rings. The number of hydrogen-bond acceptors (Lipinski definition) is 2. The fraction of sp³-hybridized carbons (Fsp3) is 0.235. The summed E-state index contributed by atoms with van der Waals surface area (Å²) < 4.78 is 50.1. The number of benzene rings is 2. The number of carbonyl (C=O) groups is 1. The van der Waals surface area contributed by atoms with Gasteiger partial charge in [-0.2, -0.15) is 13.2 Å². The van der Waals surface area contributed by atoms with E-state index in [0.717, 1.165) is 24.3 Å². The number of aliphatic hydroxyl groups is 1. The Morgan fingerprint density at radius 3 is 2.17 bits per heavy atom. The minimum atomic E-state index is -4.45. The first kappa shape index (κ1) is 17.9. The smallest absolute Gasteiger partial charge is 0.388 e. The van der Waals surface area contributed by atoms with Crippen molar-refractivity contribution in [1.29, 1.82) is 0 Å². The molecule has 0 spiro atoms. The van der Waals surface area contributed by atoms with E-state index in [1.807, 2.05) is 0 Å². The van der Waals surface area contributed by atoms with Gasteiger partial charge in [0.2, 0.25) is 0 Å². The molecule has 2 rings (SSSR count). The topological polar surface area (TPSA) is 49.3 Å². The van der Waals surface area contributed by atoms with Crippen LogP contribution < -0.4 is 5.32 Å². The first-order valence-corrected chi connectivity index (χ1v) is 7.16. The minimum Gasteiger partial charge on any atom is -0.388 e. The Hall–Kier alpha value is -2.41. The average Bonchev–Trinajstić information content (AvgIpc) is 2.54. The third-order valence-electron chi connectivity index (χ3n) is 3.43. The standard InChI is InChI=1S/C17H15F4NO2/c18-14-7-3-11(4-8-14)15(23)9-10-22-16(24)12-1-5-13(6-2-12)17(19,20)21/h1-8,15,23H,9-10H2,(H,22,24). The normalized spacial score (nSPS) is 12.7. The molecule has 0 aliphatic heterocycles. The highest BCUT2D eigenvalue weighted by Gasteiger charge is 2.30. The van der Waals surface area contributed by atoms with Gasteiger partial charge in [0.05, 0.1) is 11.7 Å². The molecule has 0 radical (unpaired) electrons. The van der Waals surface area contributed by atoms with Crippen molar-refractivity contribution in [3.63, 3.8) is 0 Å². The van der Waals surface area contributed by atoms with Crippen molar-refractivity contribution in [3.05, 3.63) is 71.0 Å². The highest BCUT2D eigenvalue weighted by molar-refractivity contribution is 5.94. The first-order chi connectivity index (χ1) is 11.3. The monoisotopic (exact) mass is 341 g/mol. The van der Waals surface area contributed by atoms with Gasteiger partial charge in [-0.05, 0) is 48.4 Å².